The highest BCUT2D eigenvalue weighted by molar-refractivity contribution is 5.66. The van der Waals surface area contributed by atoms with Crippen molar-refractivity contribution in [1.29, 1.82) is 0 Å². The van der Waals surface area contributed by atoms with Crippen molar-refractivity contribution < 1.29 is 14.3 Å². The summed E-state index contributed by atoms with van der Waals surface area (Å²) < 4.78 is 11.8. The summed E-state index contributed by atoms with van der Waals surface area (Å²) in [6, 6.07) is 10.4. The molecule has 1 aliphatic heterocycles. The summed E-state index contributed by atoms with van der Waals surface area (Å²) in [5.74, 6) is 0.857. The molecular formula is C20H26O3. The molecule has 0 amide bonds. The Morgan fingerprint density at radius 3 is 2.65 bits per heavy atom. The quantitative estimate of drug-likeness (QED) is 0.621. The van der Waals surface area contributed by atoms with E-state index in [2.05, 4.69) is 51.1 Å². The third kappa shape index (κ3) is 2.72. The van der Waals surface area contributed by atoms with Crippen LogP contribution in [0.15, 0.2) is 42.0 Å². The molecule has 23 heavy (non-hydrogen) atoms. The predicted octanol–water partition coefficient (Wildman–Crippen LogP) is 4.16. The number of rotatable bonds is 3. The van der Waals surface area contributed by atoms with Crippen LogP contribution >= 0.6 is 0 Å². The zero-order chi connectivity index (χ0) is 16.6. The lowest BCUT2D eigenvalue weighted by atomic mass is 9.56. The van der Waals surface area contributed by atoms with Crippen molar-refractivity contribution in [3.63, 3.8) is 0 Å². The number of fused-ring (bicyclic) bond motifs is 2. The number of ether oxygens (including phenoxy) is 2. The minimum atomic E-state index is -0.216. The van der Waals surface area contributed by atoms with Crippen molar-refractivity contribution in [3.8, 4) is 0 Å². The Bertz CT molecular complexity index is 607. The summed E-state index contributed by atoms with van der Waals surface area (Å²) in [6.45, 7) is 9.25. The first-order chi connectivity index (χ1) is 11.0. The first-order valence-corrected chi connectivity index (χ1v) is 8.44. The van der Waals surface area contributed by atoms with Gasteiger partial charge in [0.1, 0.15) is 0 Å². The van der Waals surface area contributed by atoms with Gasteiger partial charge in [0, 0.05) is 18.3 Å². The second-order valence-corrected chi connectivity index (χ2v) is 7.17. The molecule has 3 heteroatoms. The van der Waals surface area contributed by atoms with Crippen LogP contribution < -0.4 is 0 Å². The molecule has 124 valence electrons. The molecule has 2 aliphatic rings. The molecule has 0 radical (unpaired) electrons. The summed E-state index contributed by atoms with van der Waals surface area (Å²) in [6.07, 6.45) is 2.44. The molecule has 1 heterocycles. The Morgan fingerprint density at radius 1 is 1.30 bits per heavy atom. The normalized spacial score (nSPS) is 36.3. The third-order valence-corrected chi connectivity index (χ3v) is 5.92. The van der Waals surface area contributed by atoms with Gasteiger partial charge in [0.15, 0.2) is 0 Å². The molecule has 0 aromatic heterocycles. The van der Waals surface area contributed by atoms with E-state index in [1.165, 1.54) is 18.1 Å². The minimum Gasteiger partial charge on any atom is -0.465 e. The van der Waals surface area contributed by atoms with Crippen molar-refractivity contribution in [3.05, 3.63) is 47.5 Å². The van der Waals surface area contributed by atoms with E-state index in [1.54, 1.807) is 0 Å². The van der Waals surface area contributed by atoms with Crippen LogP contribution in [-0.4, -0.2) is 19.2 Å². The van der Waals surface area contributed by atoms with E-state index < -0.39 is 0 Å². The molecule has 3 rings (SSSR count). The summed E-state index contributed by atoms with van der Waals surface area (Å²) in [7, 11) is 0. The lowest BCUT2D eigenvalue weighted by Crippen LogP contribution is -2.54. The minimum absolute atomic E-state index is 0.0837. The van der Waals surface area contributed by atoms with Gasteiger partial charge in [-0.2, -0.15) is 0 Å². The van der Waals surface area contributed by atoms with Crippen molar-refractivity contribution in [2.24, 2.45) is 23.2 Å². The molecule has 0 N–H and O–H groups in total. The van der Waals surface area contributed by atoms with Gasteiger partial charge < -0.3 is 9.47 Å². The highest BCUT2D eigenvalue weighted by atomic mass is 16.5. The zero-order valence-corrected chi connectivity index (χ0v) is 14.4. The second kappa shape index (κ2) is 6.12. The van der Waals surface area contributed by atoms with E-state index in [9.17, 15) is 4.79 Å². The van der Waals surface area contributed by atoms with Crippen LogP contribution in [0.25, 0.3) is 0 Å². The maximum absolute atomic E-state index is 11.3. The lowest BCUT2D eigenvalue weighted by Gasteiger charge is -2.55. The van der Waals surface area contributed by atoms with Crippen LogP contribution in [0.1, 0.15) is 39.4 Å². The van der Waals surface area contributed by atoms with Gasteiger partial charge in [-0.25, -0.2) is 0 Å². The first kappa shape index (κ1) is 16.3. The number of carbonyl (C=O) groups excluding carboxylic acids is 1. The number of carbonyl (C=O) groups is 1. The predicted molar refractivity (Wildman–Crippen MR) is 89.8 cm³/mol. The molecule has 0 spiro atoms. The maximum atomic E-state index is 11.3. The molecule has 2 bridgehead atoms. The molecule has 1 aromatic rings. The topological polar surface area (TPSA) is 35.5 Å². The van der Waals surface area contributed by atoms with Crippen molar-refractivity contribution in [2.45, 2.75) is 33.8 Å². The summed E-state index contributed by atoms with van der Waals surface area (Å²) in [5.41, 5.74) is 2.49. The molecule has 0 saturated carbocycles. The van der Waals surface area contributed by atoms with Crippen molar-refractivity contribution >= 4 is 5.97 Å². The fourth-order valence-corrected chi connectivity index (χ4v) is 4.44. The monoisotopic (exact) mass is 314 g/mol. The summed E-state index contributed by atoms with van der Waals surface area (Å²) in [5, 5.41) is 0. The van der Waals surface area contributed by atoms with Crippen molar-refractivity contribution in [1.82, 2.24) is 0 Å². The first-order valence-electron chi connectivity index (χ1n) is 8.44. The average molecular weight is 314 g/mol. The van der Waals surface area contributed by atoms with Gasteiger partial charge in [-0.15, -0.1) is 0 Å². The van der Waals surface area contributed by atoms with E-state index >= 15 is 0 Å². The lowest BCUT2D eigenvalue weighted by molar-refractivity contribution is -0.180. The smallest absolute Gasteiger partial charge is 0.302 e. The fourth-order valence-electron chi connectivity index (χ4n) is 4.44. The highest BCUT2D eigenvalue weighted by Gasteiger charge is 2.54. The largest absolute Gasteiger partial charge is 0.465 e. The average Bonchev–Trinajstić information content (AvgIpc) is 2.52. The number of hydrogen-bond acceptors (Lipinski definition) is 3. The van der Waals surface area contributed by atoms with E-state index in [0.717, 1.165) is 0 Å². The molecule has 3 nitrogen and oxygen atoms in total. The molecule has 0 unspecified atom stereocenters. The van der Waals surface area contributed by atoms with E-state index in [4.69, 9.17) is 9.47 Å². The van der Waals surface area contributed by atoms with E-state index in [-0.39, 0.29) is 17.5 Å². The van der Waals surface area contributed by atoms with Crippen molar-refractivity contribution in [2.75, 3.05) is 13.2 Å². The van der Waals surface area contributed by atoms with Gasteiger partial charge in [-0.3, -0.25) is 4.79 Å². The van der Waals surface area contributed by atoms with Gasteiger partial charge in [0.05, 0.1) is 19.3 Å². The molecule has 1 saturated heterocycles. The number of benzene rings is 1. The third-order valence-electron chi connectivity index (χ3n) is 5.92. The van der Waals surface area contributed by atoms with Gasteiger partial charge in [-0.05, 0) is 24.3 Å². The second-order valence-electron chi connectivity index (χ2n) is 7.17. The Labute approximate surface area is 138 Å². The van der Waals surface area contributed by atoms with Gasteiger partial charge in [0.2, 0.25) is 0 Å². The molecule has 1 fully saturated rings. The summed E-state index contributed by atoms with van der Waals surface area (Å²) in [4.78, 5) is 11.3. The van der Waals surface area contributed by atoms with Gasteiger partial charge in [0.25, 0.3) is 0 Å². The van der Waals surface area contributed by atoms with Gasteiger partial charge in [-0.1, -0.05) is 55.8 Å². The molecule has 5 atom stereocenters. The van der Waals surface area contributed by atoms with Crippen LogP contribution in [-0.2, 0) is 14.3 Å². The molecule has 1 aliphatic carbocycles. The SMILES string of the molecule is CC(=O)OC[C@@]12CO[C@H](c3ccccc3)[C@H](C(C)=C[C@H]1C)[C@H]2C. The summed E-state index contributed by atoms with van der Waals surface area (Å²) >= 11 is 0. The van der Waals surface area contributed by atoms with Crippen LogP contribution in [0.4, 0.5) is 0 Å². The fraction of sp³-hybridized carbons (Fsp3) is 0.550. The van der Waals surface area contributed by atoms with Crippen LogP contribution in [0.5, 0.6) is 0 Å². The van der Waals surface area contributed by atoms with Crippen LogP contribution in [0, 0.1) is 23.2 Å². The Morgan fingerprint density at radius 2 is 2.00 bits per heavy atom. The van der Waals surface area contributed by atoms with Crippen LogP contribution in [0.3, 0.4) is 0 Å². The maximum Gasteiger partial charge on any atom is 0.302 e. The van der Waals surface area contributed by atoms with E-state index in [0.29, 0.717) is 31.0 Å². The van der Waals surface area contributed by atoms with Gasteiger partial charge >= 0.3 is 5.97 Å². The number of esters is 1. The highest BCUT2D eigenvalue weighted by Crippen LogP contribution is 2.56. The Hall–Kier alpha value is -1.61. The Balaban J connectivity index is 1.95. The standard InChI is InChI=1S/C20H26O3/c1-13-10-14(2)20(11-22-16(4)21)12-23-19(18(13)15(20)3)17-8-6-5-7-9-17/h5-10,14-15,18-19H,11-12H2,1-4H3/t14-,15-,18-,19-,20-/m1/s1. The molecule has 1 aromatic carbocycles. The zero-order valence-electron chi connectivity index (χ0n) is 14.4. The number of hydrogen-bond donors (Lipinski definition) is 0. The van der Waals surface area contributed by atoms with E-state index in [1.807, 2.05) is 6.07 Å². The Kier molecular flexibility index (Phi) is 4.33. The van der Waals surface area contributed by atoms with Crippen LogP contribution in [0.2, 0.25) is 0 Å². The molecular weight excluding hydrogens is 288 g/mol. The number of allylic oxidation sites excluding steroid dienone is 1.